The largest absolute Gasteiger partial charge is 0.416 e. The van der Waals surface area contributed by atoms with Crippen molar-refractivity contribution >= 4 is 11.7 Å². The van der Waals surface area contributed by atoms with Crippen LogP contribution >= 0.6 is 0 Å². The average molecular weight is 679 g/mol. The minimum absolute atomic E-state index is 0.0592. The third kappa shape index (κ3) is 8.79. The molecule has 2 aromatic rings. The van der Waals surface area contributed by atoms with Gasteiger partial charge in [0.05, 0.1) is 17.7 Å². The molecule has 6 nitrogen and oxygen atoms in total. The summed E-state index contributed by atoms with van der Waals surface area (Å²) in [5.41, 5.74) is -2.63. The normalized spacial score (nSPS) is 25.3. The third-order valence-corrected chi connectivity index (χ3v) is 10.6. The van der Waals surface area contributed by atoms with Gasteiger partial charge in [0.1, 0.15) is 5.78 Å². The van der Waals surface area contributed by atoms with Crippen LogP contribution in [-0.4, -0.2) is 102 Å². The van der Waals surface area contributed by atoms with E-state index in [0.29, 0.717) is 62.1 Å². The quantitative estimate of drug-likeness (QED) is 0.288. The van der Waals surface area contributed by atoms with E-state index in [4.69, 9.17) is 0 Å². The molecule has 3 aliphatic heterocycles. The number of halogens is 6. The highest BCUT2D eigenvalue weighted by Crippen LogP contribution is 2.37. The van der Waals surface area contributed by atoms with Gasteiger partial charge in [-0.3, -0.25) is 24.3 Å². The molecule has 3 unspecified atom stereocenters. The molecule has 4 aliphatic rings. The zero-order valence-corrected chi connectivity index (χ0v) is 27.1. The van der Waals surface area contributed by atoms with E-state index in [-0.39, 0.29) is 24.7 Å². The number of nitrogens with zero attached hydrogens (tertiary/aromatic N) is 4. The zero-order chi connectivity index (χ0) is 34.1. The van der Waals surface area contributed by atoms with Crippen LogP contribution < -0.4 is 0 Å². The lowest BCUT2D eigenvalue weighted by molar-refractivity contribution is -0.143. The van der Waals surface area contributed by atoms with Gasteiger partial charge >= 0.3 is 12.4 Å². The molecule has 1 saturated carbocycles. The third-order valence-electron chi connectivity index (χ3n) is 10.6. The Morgan fingerprint density at radius 2 is 1.35 bits per heavy atom. The molecule has 6 rings (SSSR count). The highest BCUT2D eigenvalue weighted by atomic mass is 19.4. The van der Waals surface area contributed by atoms with Crippen LogP contribution in [0.25, 0.3) is 0 Å². The van der Waals surface area contributed by atoms with Crippen molar-refractivity contribution in [3.63, 3.8) is 0 Å². The number of ketones is 1. The maximum atomic E-state index is 13.8. The van der Waals surface area contributed by atoms with Gasteiger partial charge in [-0.1, -0.05) is 30.3 Å². The summed E-state index contributed by atoms with van der Waals surface area (Å²) >= 11 is 0. The van der Waals surface area contributed by atoms with Crippen LogP contribution in [0.15, 0.2) is 48.5 Å². The first-order valence-electron chi connectivity index (χ1n) is 17.2. The summed E-state index contributed by atoms with van der Waals surface area (Å²) in [6.07, 6.45) is -3.19. The summed E-state index contributed by atoms with van der Waals surface area (Å²) < 4.78 is 81.6. The Morgan fingerprint density at radius 1 is 0.729 bits per heavy atom. The number of Topliss-reactive ketones (excluding diaryl/α,β-unsaturated/α-hetero) is 1. The van der Waals surface area contributed by atoms with E-state index in [1.54, 1.807) is 0 Å². The molecular formula is C36H44F6N4O2. The number of hydrogen-bond donors (Lipinski definition) is 0. The maximum absolute atomic E-state index is 13.8. The summed E-state index contributed by atoms with van der Waals surface area (Å²) in [4.78, 5) is 35.0. The van der Waals surface area contributed by atoms with Gasteiger partial charge in [0, 0.05) is 69.4 Å². The highest BCUT2D eigenvalue weighted by Gasteiger charge is 2.41. The number of carbonyl (C=O) groups is 2. The highest BCUT2D eigenvalue weighted by molar-refractivity contribution is 5.95. The second kappa shape index (κ2) is 14.5. The van der Waals surface area contributed by atoms with E-state index < -0.39 is 35.0 Å². The first kappa shape index (κ1) is 34.9. The van der Waals surface area contributed by atoms with Crippen LogP contribution in [0, 0.1) is 5.92 Å². The van der Waals surface area contributed by atoms with E-state index in [9.17, 15) is 35.9 Å². The van der Waals surface area contributed by atoms with E-state index in [0.717, 1.165) is 57.7 Å². The number of piperazine rings is 1. The van der Waals surface area contributed by atoms with Crippen LogP contribution in [-0.2, 0) is 23.6 Å². The fourth-order valence-electron chi connectivity index (χ4n) is 7.85. The molecule has 0 N–H and O–H groups in total. The molecule has 3 saturated heterocycles. The Labute approximate surface area is 278 Å². The number of benzene rings is 2. The van der Waals surface area contributed by atoms with Crippen LogP contribution in [0.2, 0.25) is 0 Å². The summed E-state index contributed by atoms with van der Waals surface area (Å²) in [6.45, 7) is 6.12. The Kier molecular flexibility index (Phi) is 10.5. The minimum atomic E-state index is -5.03. The average Bonchev–Trinajstić information content (AvgIpc) is 3.88. The van der Waals surface area contributed by atoms with Crippen LogP contribution in [0.3, 0.4) is 0 Å². The van der Waals surface area contributed by atoms with Crippen LogP contribution in [0.1, 0.15) is 72.0 Å². The molecule has 12 heteroatoms. The molecule has 4 fully saturated rings. The number of piperidine rings is 2. The molecule has 48 heavy (non-hydrogen) atoms. The van der Waals surface area contributed by atoms with E-state index in [1.807, 2.05) is 30.3 Å². The fourth-order valence-corrected chi connectivity index (χ4v) is 7.85. The SMILES string of the molecule is O=C(CC1CC1)CN1CCCC(N2CCN(C3CCN(C(=O)c4cc(C(F)(F)F)cc(C(F)(F)F)c4)C(Cc4ccccc4)C3)CC2)C1. The van der Waals surface area contributed by atoms with E-state index in [2.05, 4.69) is 14.7 Å². The van der Waals surface area contributed by atoms with E-state index >= 15 is 0 Å². The predicted octanol–water partition coefficient (Wildman–Crippen LogP) is 6.39. The monoisotopic (exact) mass is 678 g/mol. The molecular weight excluding hydrogens is 634 g/mol. The molecule has 3 atom stereocenters. The van der Waals surface area contributed by atoms with Gasteiger partial charge in [0.25, 0.3) is 5.91 Å². The van der Waals surface area contributed by atoms with Crippen molar-refractivity contribution in [1.29, 1.82) is 0 Å². The molecule has 3 heterocycles. The van der Waals surface area contributed by atoms with Crippen molar-refractivity contribution in [3.8, 4) is 0 Å². The Bertz CT molecular complexity index is 1390. The molecule has 1 amide bonds. The fraction of sp³-hybridized carbons (Fsp3) is 0.611. The lowest BCUT2D eigenvalue weighted by atomic mass is 9.90. The number of rotatable bonds is 9. The molecule has 0 bridgehead atoms. The summed E-state index contributed by atoms with van der Waals surface area (Å²) in [5, 5.41) is 0. The van der Waals surface area contributed by atoms with Crippen molar-refractivity contribution in [3.05, 3.63) is 70.8 Å². The Balaban J connectivity index is 1.12. The molecule has 1 aliphatic carbocycles. The van der Waals surface area contributed by atoms with Crippen molar-refractivity contribution in [2.45, 2.75) is 81.8 Å². The first-order valence-corrected chi connectivity index (χ1v) is 17.2. The lowest BCUT2D eigenvalue weighted by Gasteiger charge is -2.48. The van der Waals surface area contributed by atoms with E-state index in [1.165, 1.54) is 17.7 Å². The van der Waals surface area contributed by atoms with Crippen molar-refractivity contribution in [1.82, 2.24) is 19.6 Å². The first-order chi connectivity index (χ1) is 22.8. The summed E-state index contributed by atoms with van der Waals surface area (Å²) in [5.74, 6) is 0.145. The summed E-state index contributed by atoms with van der Waals surface area (Å²) in [6, 6.07) is 10.8. The Morgan fingerprint density at radius 3 is 1.96 bits per heavy atom. The van der Waals surface area contributed by atoms with Gasteiger partial charge in [-0.2, -0.15) is 26.3 Å². The number of carbonyl (C=O) groups excluding carboxylic acids is 2. The maximum Gasteiger partial charge on any atom is 0.416 e. The van der Waals surface area contributed by atoms with Gasteiger partial charge in [-0.15, -0.1) is 0 Å². The van der Waals surface area contributed by atoms with Gasteiger partial charge in [-0.25, -0.2) is 0 Å². The molecule has 0 aromatic heterocycles. The number of amides is 1. The van der Waals surface area contributed by atoms with Gasteiger partial charge < -0.3 is 4.90 Å². The smallest absolute Gasteiger partial charge is 0.335 e. The van der Waals surface area contributed by atoms with Crippen molar-refractivity contribution < 1.29 is 35.9 Å². The Hall–Kier alpha value is -2.96. The van der Waals surface area contributed by atoms with Crippen molar-refractivity contribution in [2.75, 3.05) is 52.4 Å². The molecule has 262 valence electrons. The lowest BCUT2D eigenvalue weighted by Crippen LogP contribution is -2.59. The molecule has 0 spiro atoms. The van der Waals surface area contributed by atoms with Crippen molar-refractivity contribution in [2.24, 2.45) is 5.92 Å². The second-order valence-corrected chi connectivity index (χ2v) is 14.1. The van der Waals surface area contributed by atoms with Crippen LogP contribution in [0.5, 0.6) is 0 Å². The minimum Gasteiger partial charge on any atom is -0.335 e. The number of likely N-dealkylation sites (tertiary alicyclic amines) is 2. The van der Waals surface area contributed by atoms with Gasteiger partial charge in [-0.05, 0) is 81.2 Å². The van der Waals surface area contributed by atoms with Gasteiger partial charge in [0.15, 0.2) is 0 Å². The summed E-state index contributed by atoms with van der Waals surface area (Å²) in [7, 11) is 0. The second-order valence-electron chi connectivity index (χ2n) is 14.1. The zero-order valence-electron chi connectivity index (χ0n) is 27.1. The standard InChI is InChI=1S/C36H44F6N4O2/c37-35(38,39)28-19-27(20-29(21-28)36(40,41)42)34(48)46-12-10-30(22-32(46)17-25-5-2-1-3-6-25)44-13-15-45(16-14-44)31-7-4-11-43(23-31)24-33(47)18-26-8-9-26/h1-3,5-6,19-21,26,30-32H,4,7-18,22-24H2. The molecule has 2 aromatic carbocycles. The van der Waals surface area contributed by atoms with Gasteiger partial charge in [0.2, 0.25) is 0 Å². The predicted molar refractivity (Wildman–Crippen MR) is 169 cm³/mol. The van der Waals surface area contributed by atoms with Crippen LogP contribution in [0.4, 0.5) is 26.3 Å². The topological polar surface area (TPSA) is 47.1 Å². The molecule has 0 radical (unpaired) electrons. The number of hydrogen-bond acceptors (Lipinski definition) is 5. The number of alkyl halides is 6.